The first-order valence-electron chi connectivity index (χ1n) is 9.00. The molecule has 0 aliphatic rings. The molecule has 0 radical (unpaired) electrons. The average Bonchev–Trinajstić information content (AvgIpc) is 2.63. The van der Waals surface area contributed by atoms with Crippen molar-refractivity contribution in [1.82, 2.24) is 5.43 Å². The topological polar surface area (TPSA) is 39.7 Å². The Labute approximate surface area is 162 Å². The molecule has 0 spiro atoms. The Morgan fingerprint density at radius 2 is 1.77 bits per heavy atom. The lowest BCUT2D eigenvalue weighted by molar-refractivity contribution is 0.852. The second kappa shape index (κ2) is 9.92. The van der Waals surface area contributed by atoms with Gasteiger partial charge in [-0.3, -0.25) is 5.43 Å². The Hall–Kier alpha value is -2.40. The number of thiocarbonyl (C=S) groups is 1. The van der Waals surface area contributed by atoms with Crippen molar-refractivity contribution in [2.45, 2.75) is 33.1 Å². The largest absolute Gasteiger partial charge is 0.375 e. The van der Waals surface area contributed by atoms with Crippen molar-refractivity contribution in [2.24, 2.45) is 5.10 Å². The Morgan fingerprint density at radius 3 is 2.35 bits per heavy atom. The third-order valence-electron chi connectivity index (χ3n) is 4.11. The third kappa shape index (κ3) is 6.15. The van der Waals surface area contributed by atoms with E-state index in [-0.39, 0.29) is 0 Å². The minimum Gasteiger partial charge on any atom is -0.375 e. The van der Waals surface area contributed by atoms with E-state index in [1.807, 2.05) is 24.3 Å². The number of hydrogen-bond acceptors (Lipinski definition) is 3. The summed E-state index contributed by atoms with van der Waals surface area (Å²) >= 11 is 5.28. The minimum atomic E-state index is 0.470. The number of hydrazone groups is 1. The summed E-state index contributed by atoms with van der Waals surface area (Å²) in [5, 5.41) is 7.80. The molecule has 2 rings (SSSR count). The zero-order chi connectivity index (χ0) is 18.9. The zero-order valence-electron chi connectivity index (χ0n) is 16.0. The fourth-order valence-corrected chi connectivity index (χ4v) is 2.73. The number of nitrogens with zero attached hydrogens (tertiary/aromatic N) is 2. The maximum atomic E-state index is 5.28. The molecule has 138 valence electrons. The van der Waals surface area contributed by atoms with Crippen molar-refractivity contribution in [3.05, 3.63) is 59.7 Å². The molecule has 2 aromatic carbocycles. The van der Waals surface area contributed by atoms with Crippen LogP contribution in [-0.4, -0.2) is 24.9 Å². The molecule has 0 bridgehead atoms. The van der Waals surface area contributed by atoms with Crippen LogP contribution in [0.4, 0.5) is 11.4 Å². The van der Waals surface area contributed by atoms with Gasteiger partial charge in [0.1, 0.15) is 0 Å². The second-order valence-electron chi connectivity index (χ2n) is 6.61. The fraction of sp³-hybridized carbons (Fsp3) is 0.333. The van der Waals surface area contributed by atoms with Crippen LogP contribution in [0.3, 0.4) is 0 Å². The van der Waals surface area contributed by atoms with Gasteiger partial charge in [0, 0.05) is 25.0 Å². The summed E-state index contributed by atoms with van der Waals surface area (Å²) in [6, 6.07) is 16.6. The highest BCUT2D eigenvalue weighted by Gasteiger charge is 2.01. The van der Waals surface area contributed by atoms with Crippen LogP contribution in [0, 0.1) is 0 Å². The van der Waals surface area contributed by atoms with Crippen LogP contribution >= 0.6 is 12.2 Å². The van der Waals surface area contributed by atoms with Crippen LogP contribution in [0.5, 0.6) is 0 Å². The van der Waals surface area contributed by atoms with E-state index in [9.17, 15) is 0 Å². The number of rotatable bonds is 7. The lowest BCUT2D eigenvalue weighted by atomic mass is 10.0. The molecule has 0 unspecified atom stereocenters. The lowest BCUT2D eigenvalue weighted by Gasteiger charge is -2.18. The van der Waals surface area contributed by atoms with Gasteiger partial charge >= 0.3 is 0 Å². The Balaban J connectivity index is 1.84. The highest BCUT2D eigenvalue weighted by molar-refractivity contribution is 7.80. The Bertz CT molecular complexity index is 721. The van der Waals surface area contributed by atoms with Crippen LogP contribution in [0.15, 0.2) is 53.6 Å². The van der Waals surface area contributed by atoms with E-state index in [1.165, 1.54) is 11.3 Å². The summed E-state index contributed by atoms with van der Waals surface area (Å²) < 4.78 is 0. The van der Waals surface area contributed by atoms with Crippen molar-refractivity contribution < 1.29 is 0 Å². The molecule has 4 nitrogen and oxygen atoms in total. The molecule has 0 fully saturated rings. The summed E-state index contributed by atoms with van der Waals surface area (Å²) in [7, 11) is 2.10. The minimum absolute atomic E-state index is 0.470. The van der Waals surface area contributed by atoms with Gasteiger partial charge in [-0.2, -0.15) is 5.10 Å². The molecule has 0 heterocycles. The second-order valence-corrected chi connectivity index (χ2v) is 7.02. The van der Waals surface area contributed by atoms with Crippen molar-refractivity contribution in [3.63, 3.8) is 0 Å². The summed E-state index contributed by atoms with van der Waals surface area (Å²) in [5.41, 5.74) is 7.34. The third-order valence-corrected chi connectivity index (χ3v) is 4.30. The van der Waals surface area contributed by atoms with Crippen LogP contribution in [0.2, 0.25) is 0 Å². The standard InChI is InChI=1S/C21H28N4S/c1-5-14-25(4)20-12-6-17(7-13-20)15-22-24-21(26)23-19-10-8-18(9-11-19)16(2)3/h6-13,15-16H,5,14H2,1-4H3,(H2,23,24,26)/b22-15+. The summed E-state index contributed by atoms with van der Waals surface area (Å²) in [6.07, 6.45) is 2.90. The molecule has 26 heavy (non-hydrogen) atoms. The normalized spacial score (nSPS) is 11.0. The van der Waals surface area contributed by atoms with Gasteiger partial charge in [-0.25, -0.2) is 0 Å². The Kier molecular flexibility index (Phi) is 7.60. The van der Waals surface area contributed by atoms with Gasteiger partial charge < -0.3 is 10.2 Å². The molecule has 0 amide bonds. The SMILES string of the molecule is CCCN(C)c1ccc(/C=N/NC(=S)Nc2ccc(C(C)C)cc2)cc1. The van der Waals surface area contributed by atoms with Gasteiger partial charge in [0.25, 0.3) is 0 Å². The molecule has 2 N–H and O–H groups in total. The van der Waals surface area contributed by atoms with Gasteiger partial charge in [0.05, 0.1) is 6.21 Å². The van der Waals surface area contributed by atoms with Gasteiger partial charge in [-0.1, -0.05) is 45.0 Å². The van der Waals surface area contributed by atoms with E-state index in [1.54, 1.807) is 6.21 Å². The first-order valence-corrected chi connectivity index (χ1v) is 9.41. The predicted octanol–water partition coefficient (Wildman–Crippen LogP) is 4.98. The molecule has 2 aromatic rings. The zero-order valence-corrected chi connectivity index (χ0v) is 16.8. The molecule has 0 aromatic heterocycles. The number of nitrogens with one attached hydrogen (secondary N) is 2. The number of anilines is 2. The molecule has 0 saturated heterocycles. The molecular weight excluding hydrogens is 340 g/mol. The molecule has 0 atom stereocenters. The van der Waals surface area contributed by atoms with Gasteiger partial charge in [-0.15, -0.1) is 0 Å². The molecule has 0 aliphatic heterocycles. The fourth-order valence-electron chi connectivity index (χ4n) is 2.56. The van der Waals surface area contributed by atoms with Crippen LogP contribution in [0.1, 0.15) is 44.2 Å². The quantitative estimate of drug-likeness (QED) is 0.411. The predicted molar refractivity (Wildman–Crippen MR) is 117 cm³/mol. The van der Waals surface area contributed by atoms with E-state index in [0.29, 0.717) is 11.0 Å². The number of hydrogen-bond donors (Lipinski definition) is 2. The maximum Gasteiger partial charge on any atom is 0.191 e. The average molecular weight is 369 g/mol. The first kappa shape index (κ1) is 19.9. The maximum absolute atomic E-state index is 5.28. The van der Waals surface area contributed by atoms with E-state index < -0.39 is 0 Å². The van der Waals surface area contributed by atoms with Gasteiger partial charge in [0.15, 0.2) is 5.11 Å². The lowest BCUT2D eigenvalue weighted by Crippen LogP contribution is -2.23. The van der Waals surface area contributed by atoms with E-state index >= 15 is 0 Å². The monoisotopic (exact) mass is 368 g/mol. The van der Waals surface area contributed by atoms with E-state index in [2.05, 4.69) is 72.8 Å². The molecule has 5 heteroatoms. The Morgan fingerprint density at radius 1 is 1.12 bits per heavy atom. The van der Waals surface area contributed by atoms with Crippen LogP contribution in [-0.2, 0) is 0 Å². The summed E-state index contributed by atoms with van der Waals surface area (Å²) in [6.45, 7) is 7.58. The van der Waals surface area contributed by atoms with Crippen molar-refractivity contribution in [2.75, 3.05) is 23.8 Å². The van der Waals surface area contributed by atoms with Crippen molar-refractivity contribution >= 4 is 34.9 Å². The molecule has 0 aliphatic carbocycles. The van der Waals surface area contributed by atoms with Crippen LogP contribution in [0.25, 0.3) is 0 Å². The van der Waals surface area contributed by atoms with Gasteiger partial charge in [0.2, 0.25) is 0 Å². The highest BCUT2D eigenvalue weighted by atomic mass is 32.1. The number of benzene rings is 2. The van der Waals surface area contributed by atoms with Gasteiger partial charge in [-0.05, 0) is 59.9 Å². The van der Waals surface area contributed by atoms with E-state index in [0.717, 1.165) is 24.2 Å². The smallest absolute Gasteiger partial charge is 0.191 e. The van der Waals surface area contributed by atoms with Crippen LogP contribution < -0.4 is 15.6 Å². The summed E-state index contributed by atoms with van der Waals surface area (Å²) in [5.74, 6) is 0.520. The highest BCUT2D eigenvalue weighted by Crippen LogP contribution is 2.17. The molecular formula is C21H28N4S. The van der Waals surface area contributed by atoms with Crippen molar-refractivity contribution in [1.29, 1.82) is 0 Å². The summed E-state index contributed by atoms with van der Waals surface area (Å²) in [4.78, 5) is 2.24. The van der Waals surface area contributed by atoms with E-state index in [4.69, 9.17) is 12.2 Å². The first-order chi connectivity index (χ1) is 12.5. The molecule has 0 saturated carbocycles. The van der Waals surface area contributed by atoms with Crippen molar-refractivity contribution in [3.8, 4) is 0 Å².